The maximum atomic E-state index is 11.5. The number of carbonyl (C=O) groups is 2. The zero-order chi connectivity index (χ0) is 14.1. The molecule has 0 bridgehead atoms. The maximum Gasteiger partial charge on any atom is 0.326 e. The number of carbonyl (C=O) groups excluding carboxylic acids is 1. The molecule has 104 valence electrons. The quantitative estimate of drug-likeness (QED) is 0.715. The lowest BCUT2D eigenvalue weighted by Crippen LogP contribution is -2.41. The summed E-state index contributed by atoms with van der Waals surface area (Å²) in [5.41, 5.74) is 1.24. The number of hydrogen-bond donors (Lipinski definition) is 2. The maximum absolute atomic E-state index is 11.5. The van der Waals surface area contributed by atoms with Crippen LogP contribution in [-0.4, -0.2) is 34.5 Å². The Morgan fingerprint density at radius 2 is 2.00 bits per heavy atom. The fourth-order valence-electron chi connectivity index (χ4n) is 1.57. The molecule has 2 N–H and O–H groups in total. The predicted octanol–water partition coefficient (Wildman–Crippen LogP) is 1.94. The summed E-state index contributed by atoms with van der Waals surface area (Å²) in [5, 5.41) is 11.3. The van der Waals surface area contributed by atoms with Crippen molar-refractivity contribution in [2.45, 2.75) is 25.8 Å². The lowest BCUT2D eigenvalue weighted by atomic mass is 10.2. The third kappa shape index (κ3) is 6.29. The highest BCUT2D eigenvalue weighted by molar-refractivity contribution is 7.99. The van der Waals surface area contributed by atoms with Gasteiger partial charge in [0.2, 0.25) is 5.91 Å². The van der Waals surface area contributed by atoms with Crippen LogP contribution in [0, 0.1) is 0 Å². The Balaban J connectivity index is 2.19. The molecule has 1 aromatic rings. The van der Waals surface area contributed by atoms with E-state index in [2.05, 4.69) is 17.4 Å². The Bertz CT molecular complexity index is 408. The first-order valence-electron chi connectivity index (χ1n) is 6.27. The Kier molecular flexibility index (Phi) is 7.03. The van der Waals surface area contributed by atoms with Crippen LogP contribution in [0.25, 0.3) is 0 Å². The molecule has 0 aliphatic heterocycles. The Morgan fingerprint density at radius 3 is 2.58 bits per heavy atom. The van der Waals surface area contributed by atoms with Crippen LogP contribution in [0.2, 0.25) is 0 Å². The topological polar surface area (TPSA) is 66.4 Å². The largest absolute Gasteiger partial charge is 0.480 e. The van der Waals surface area contributed by atoms with E-state index in [0.717, 1.165) is 12.2 Å². The third-order valence-electron chi connectivity index (χ3n) is 2.65. The molecule has 0 spiro atoms. The number of aliphatic carboxylic acids is 1. The molecular weight excluding hydrogens is 262 g/mol. The number of rotatable bonds is 8. The van der Waals surface area contributed by atoms with Gasteiger partial charge in [0.05, 0.1) is 5.75 Å². The fraction of sp³-hybridized carbons (Fsp3) is 0.429. The van der Waals surface area contributed by atoms with E-state index < -0.39 is 12.0 Å². The number of thioether (sulfide) groups is 1. The van der Waals surface area contributed by atoms with Gasteiger partial charge < -0.3 is 10.4 Å². The van der Waals surface area contributed by atoms with Gasteiger partial charge in [0.15, 0.2) is 0 Å². The Labute approximate surface area is 117 Å². The number of benzene rings is 1. The van der Waals surface area contributed by atoms with Crippen molar-refractivity contribution in [1.29, 1.82) is 0 Å². The molecule has 19 heavy (non-hydrogen) atoms. The SMILES string of the molecule is CC[C@H](NC(=O)CSCCc1ccccc1)C(=O)O. The molecule has 0 saturated heterocycles. The minimum Gasteiger partial charge on any atom is -0.480 e. The molecule has 1 aromatic carbocycles. The lowest BCUT2D eigenvalue weighted by Gasteiger charge is -2.11. The molecule has 0 saturated carbocycles. The summed E-state index contributed by atoms with van der Waals surface area (Å²) in [6.07, 6.45) is 1.31. The van der Waals surface area contributed by atoms with E-state index in [0.29, 0.717) is 12.2 Å². The summed E-state index contributed by atoms with van der Waals surface area (Å²) in [7, 11) is 0. The van der Waals surface area contributed by atoms with E-state index in [9.17, 15) is 9.59 Å². The second-order valence-corrected chi connectivity index (χ2v) is 5.26. The predicted molar refractivity (Wildman–Crippen MR) is 77.3 cm³/mol. The van der Waals surface area contributed by atoms with Crippen LogP contribution >= 0.6 is 11.8 Å². The average molecular weight is 281 g/mol. The molecule has 1 atom stereocenters. The normalized spacial score (nSPS) is 11.8. The van der Waals surface area contributed by atoms with Crippen molar-refractivity contribution in [2.75, 3.05) is 11.5 Å². The highest BCUT2D eigenvalue weighted by Gasteiger charge is 2.16. The molecule has 4 nitrogen and oxygen atoms in total. The van der Waals surface area contributed by atoms with E-state index in [-0.39, 0.29) is 5.91 Å². The molecule has 0 aliphatic carbocycles. The van der Waals surface area contributed by atoms with Crippen molar-refractivity contribution in [3.63, 3.8) is 0 Å². The highest BCUT2D eigenvalue weighted by atomic mass is 32.2. The van der Waals surface area contributed by atoms with Crippen LogP contribution in [0.1, 0.15) is 18.9 Å². The van der Waals surface area contributed by atoms with E-state index >= 15 is 0 Å². The zero-order valence-corrected chi connectivity index (χ0v) is 11.8. The summed E-state index contributed by atoms with van der Waals surface area (Å²) in [4.78, 5) is 22.3. The van der Waals surface area contributed by atoms with Gasteiger partial charge in [-0.15, -0.1) is 0 Å². The second-order valence-electron chi connectivity index (χ2n) is 4.15. The van der Waals surface area contributed by atoms with Crippen molar-refractivity contribution in [2.24, 2.45) is 0 Å². The molecule has 0 fully saturated rings. The van der Waals surface area contributed by atoms with Crippen molar-refractivity contribution < 1.29 is 14.7 Å². The standard InChI is InChI=1S/C14H19NO3S/c1-2-12(14(17)18)15-13(16)10-19-9-8-11-6-4-3-5-7-11/h3-7,12H,2,8-10H2,1H3,(H,15,16)(H,17,18)/t12-/m0/s1. The monoisotopic (exact) mass is 281 g/mol. The van der Waals surface area contributed by atoms with Gasteiger partial charge in [-0.1, -0.05) is 37.3 Å². The number of hydrogen-bond acceptors (Lipinski definition) is 3. The Hall–Kier alpha value is -1.49. The van der Waals surface area contributed by atoms with Crippen LogP contribution in [0.3, 0.4) is 0 Å². The fourth-order valence-corrected chi connectivity index (χ4v) is 2.37. The van der Waals surface area contributed by atoms with Crippen LogP contribution in [0.15, 0.2) is 30.3 Å². The van der Waals surface area contributed by atoms with Crippen molar-refractivity contribution in [3.8, 4) is 0 Å². The molecule has 0 aliphatic rings. The summed E-state index contributed by atoms with van der Waals surface area (Å²) in [6, 6.07) is 9.29. The minimum atomic E-state index is -0.981. The number of aryl methyl sites for hydroxylation is 1. The highest BCUT2D eigenvalue weighted by Crippen LogP contribution is 2.06. The number of nitrogens with one attached hydrogen (secondary N) is 1. The lowest BCUT2D eigenvalue weighted by molar-refractivity contribution is -0.141. The van der Waals surface area contributed by atoms with Gasteiger partial charge >= 0.3 is 5.97 Å². The molecule has 0 heterocycles. The van der Waals surface area contributed by atoms with Crippen molar-refractivity contribution in [3.05, 3.63) is 35.9 Å². The van der Waals surface area contributed by atoms with Gasteiger partial charge in [-0.25, -0.2) is 4.79 Å². The second kappa shape index (κ2) is 8.58. The van der Waals surface area contributed by atoms with Gasteiger partial charge in [-0.05, 0) is 24.2 Å². The van der Waals surface area contributed by atoms with E-state index in [1.807, 2.05) is 18.2 Å². The molecule has 1 rings (SSSR count). The van der Waals surface area contributed by atoms with Crippen LogP contribution < -0.4 is 5.32 Å². The van der Waals surface area contributed by atoms with Crippen molar-refractivity contribution >= 4 is 23.6 Å². The number of carboxylic acid groups (broad SMARTS) is 1. The average Bonchev–Trinajstić information content (AvgIpc) is 2.42. The van der Waals surface area contributed by atoms with Gasteiger partial charge in [0.1, 0.15) is 6.04 Å². The summed E-state index contributed by atoms with van der Waals surface area (Å²) >= 11 is 1.52. The van der Waals surface area contributed by atoms with Crippen LogP contribution in [0.4, 0.5) is 0 Å². The number of amides is 1. The molecule has 5 heteroatoms. The van der Waals surface area contributed by atoms with Crippen molar-refractivity contribution in [1.82, 2.24) is 5.32 Å². The molecule has 0 unspecified atom stereocenters. The third-order valence-corrected chi connectivity index (χ3v) is 3.61. The summed E-state index contributed by atoms with van der Waals surface area (Å²) in [5.74, 6) is -0.0461. The summed E-state index contributed by atoms with van der Waals surface area (Å²) < 4.78 is 0. The molecule has 0 aromatic heterocycles. The van der Waals surface area contributed by atoms with E-state index in [1.165, 1.54) is 17.3 Å². The van der Waals surface area contributed by atoms with E-state index in [4.69, 9.17) is 5.11 Å². The smallest absolute Gasteiger partial charge is 0.326 e. The first kappa shape index (κ1) is 15.6. The zero-order valence-electron chi connectivity index (χ0n) is 11.0. The van der Waals surface area contributed by atoms with Gasteiger partial charge in [0.25, 0.3) is 0 Å². The molecule has 0 radical (unpaired) electrons. The minimum absolute atomic E-state index is 0.215. The van der Waals surface area contributed by atoms with Gasteiger partial charge in [-0.3, -0.25) is 4.79 Å². The first-order chi connectivity index (χ1) is 9.13. The van der Waals surface area contributed by atoms with Crippen LogP contribution in [-0.2, 0) is 16.0 Å². The summed E-state index contributed by atoms with van der Waals surface area (Å²) in [6.45, 7) is 1.74. The van der Waals surface area contributed by atoms with Crippen LogP contribution in [0.5, 0.6) is 0 Å². The first-order valence-corrected chi connectivity index (χ1v) is 7.42. The molecular formula is C14H19NO3S. The number of carboxylic acids is 1. The Morgan fingerprint density at radius 1 is 1.32 bits per heavy atom. The van der Waals surface area contributed by atoms with Gasteiger partial charge in [-0.2, -0.15) is 11.8 Å². The van der Waals surface area contributed by atoms with Gasteiger partial charge in [0, 0.05) is 0 Å². The van der Waals surface area contributed by atoms with E-state index in [1.54, 1.807) is 6.92 Å². The molecule has 1 amide bonds.